The number of rotatable bonds is 0. The predicted molar refractivity (Wildman–Crippen MR) is 48.7 cm³/mol. The first-order valence-corrected chi connectivity index (χ1v) is 5.17. The Balaban J connectivity index is 2.05. The van der Waals surface area contributed by atoms with Crippen molar-refractivity contribution >= 4 is 0 Å². The summed E-state index contributed by atoms with van der Waals surface area (Å²) in [6, 6.07) is 0.267. The molecule has 3 N–H and O–H groups in total. The molecule has 2 aliphatic carbocycles. The summed E-state index contributed by atoms with van der Waals surface area (Å²) in [7, 11) is 0. The average molecular weight is 169 g/mol. The summed E-state index contributed by atoms with van der Waals surface area (Å²) in [5.74, 6) is 0. The molecule has 0 bridgehead atoms. The molecule has 2 nitrogen and oxygen atoms in total. The minimum atomic E-state index is -0.119. The van der Waals surface area contributed by atoms with E-state index >= 15 is 0 Å². The van der Waals surface area contributed by atoms with Gasteiger partial charge in [-0.05, 0) is 37.5 Å². The fraction of sp³-hybridized carbons (Fsp3) is 1.00. The number of aliphatic hydroxyl groups excluding tert-OH is 1. The van der Waals surface area contributed by atoms with Crippen LogP contribution < -0.4 is 5.73 Å². The summed E-state index contributed by atoms with van der Waals surface area (Å²) >= 11 is 0. The highest BCUT2D eigenvalue weighted by Gasteiger charge is 2.42. The Morgan fingerprint density at radius 3 is 2.42 bits per heavy atom. The molecule has 0 aromatic carbocycles. The second kappa shape index (κ2) is 3.00. The van der Waals surface area contributed by atoms with Crippen LogP contribution in [-0.2, 0) is 0 Å². The molecular formula is C10H19NO. The van der Waals surface area contributed by atoms with Crippen molar-refractivity contribution in [2.24, 2.45) is 11.1 Å². The third-order valence-electron chi connectivity index (χ3n) is 3.89. The topological polar surface area (TPSA) is 46.2 Å². The Hall–Kier alpha value is -0.0800. The molecule has 2 rings (SSSR count). The van der Waals surface area contributed by atoms with Gasteiger partial charge in [-0.3, -0.25) is 0 Å². The maximum Gasteiger partial charge on any atom is 0.0555 e. The molecular weight excluding hydrogens is 150 g/mol. The molecule has 0 aromatic heterocycles. The largest absolute Gasteiger partial charge is 0.393 e. The van der Waals surface area contributed by atoms with Crippen molar-refractivity contribution in [2.75, 3.05) is 0 Å². The number of hydrogen-bond acceptors (Lipinski definition) is 2. The van der Waals surface area contributed by atoms with Crippen LogP contribution in [0.3, 0.4) is 0 Å². The molecule has 2 unspecified atom stereocenters. The van der Waals surface area contributed by atoms with E-state index in [0.717, 1.165) is 19.3 Å². The van der Waals surface area contributed by atoms with Crippen LogP contribution in [0, 0.1) is 5.41 Å². The standard InChI is InChI=1S/C10H19NO/c11-9-7-8(12)3-6-10(9)4-1-2-5-10/h8-9,12H,1-7,11H2. The minimum absolute atomic E-state index is 0.119. The summed E-state index contributed by atoms with van der Waals surface area (Å²) in [5.41, 5.74) is 6.54. The van der Waals surface area contributed by atoms with Gasteiger partial charge >= 0.3 is 0 Å². The van der Waals surface area contributed by atoms with Crippen LogP contribution in [0.25, 0.3) is 0 Å². The van der Waals surface area contributed by atoms with Gasteiger partial charge in [0.25, 0.3) is 0 Å². The summed E-state index contributed by atoms with van der Waals surface area (Å²) in [5, 5.41) is 9.44. The molecule has 2 heteroatoms. The molecule has 12 heavy (non-hydrogen) atoms. The van der Waals surface area contributed by atoms with Crippen molar-refractivity contribution in [1.82, 2.24) is 0 Å². The lowest BCUT2D eigenvalue weighted by Crippen LogP contribution is -2.46. The first kappa shape index (κ1) is 8.52. The molecule has 0 radical (unpaired) electrons. The van der Waals surface area contributed by atoms with Gasteiger partial charge in [-0.1, -0.05) is 12.8 Å². The molecule has 2 atom stereocenters. The van der Waals surface area contributed by atoms with Crippen LogP contribution in [0.1, 0.15) is 44.9 Å². The molecule has 0 aliphatic heterocycles. The third kappa shape index (κ3) is 1.27. The summed E-state index contributed by atoms with van der Waals surface area (Å²) < 4.78 is 0. The van der Waals surface area contributed by atoms with Crippen LogP contribution in [0.2, 0.25) is 0 Å². The van der Waals surface area contributed by atoms with Gasteiger partial charge in [0.05, 0.1) is 6.10 Å². The third-order valence-corrected chi connectivity index (χ3v) is 3.89. The highest BCUT2D eigenvalue weighted by molar-refractivity contribution is 4.97. The Kier molecular flexibility index (Phi) is 2.13. The normalized spacial score (nSPS) is 40.5. The average Bonchev–Trinajstić information content (AvgIpc) is 2.48. The van der Waals surface area contributed by atoms with Gasteiger partial charge in [-0.15, -0.1) is 0 Å². The Morgan fingerprint density at radius 1 is 1.17 bits per heavy atom. The zero-order chi connectivity index (χ0) is 8.60. The van der Waals surface area contributed by atoms with E-state index in [4.69, 9.17) is 5.73 Å². The van der Waals surface area contributed by atoms with Gasteiger partial charge in [-0.25, -0.2) is 0 Å². The van der Waals surface area contributed by atoms with E-state index in [2.05, 4.69) is 0 Å². The molecule has 70 valence electrons. The summed E-state index contributed by atoms with van der Waals surface area (Å²) in [6.07, 6.45) is 8.17. The Bertz CT molecular complexity index is 163. The minimum Gasteiger partial charge on any atom is -0.393 e. The number of hydrogen-bond donors (Lipinski definition) is 2. The van der Waals surface area contributed by atoms with Gasteiger partial charge in [-0.2, -0.15) is 0 Å². The predicted octanol–water partition coefficient (Wildman–Crippen LogP) is 1.42. The van der Waals surface area contributed by atoms with Gasteiger partial charge < -0.3 is 10.8 Å². The maximum atomic E-state index is 9.44. The second-order valence-corrected chi connectivity index (χ2v) is 4.60. The van der Waals surface area contributed by atoms with Gasteiger partial charge in [0.15, 0.2) is 0 Å². The lowest BCUT2D eigenvalue weighted by atomic mass is 9.69. The molecule has 2 saturated carbocycles. The molecule has 0 aromatic rings. The van der Waals surface area contributed by atoms with Crippen molar-refractivity contribution in [3.8, 4) is 0 Å². The number of nitrogens with two attached hydrogens (primary N) is 1. The van der Waals surface area contributed by atoms with Crippen molar-refractivity contribution in [1.29, 1.82) is 0 Å². The second-order valence-electron chi connectivity index (χ2n) is 4.60. The van der Waals surface area contributed by atoms with Crippen molar-refractivity contribution in [3.05, 3.63) is 0 Å². The van der Waals surface area contributed by atoms with Crippen molar-refractivity contribution < 1.29 is 5.11 Å². The first-order valence-electron chi connectivity index (χ1n) is 5.17. The van der Waals surface area contributed by atoms with Crippen LogP contribution in [0.5, 0.6) is 0 Å². The molecule has 1 spiro atoms. The van der Waals surface area contributed by atoms with Crippen molar-refractivity contribution in [3.63, 3.8) is 0 Å². The lowest BCUT2D eigenvalue weighted by molar-refractivity contribution is 0.0472. The zero-order valence-corrected chi connectivity index (χ0v) is 7.63. The van der Waals surface area contributed by atoms with Gasteiger partial charge in [0, 0.05) is 6.04 Å². The Labute approximate surface area is 74.1 Å². The number of aliphatic hydroxyl groups is 1. The smallest absolute Gasteiger partial charge is 0.0555 e. The maximum absolute atomic E-state index is 9.44. The first-order chi connectivity index (χ1) is 5.73. The van der Waals surface area contributed by atoms with Crippen LogP contribution in [0.4, 0.5) is 0 Å². The van der Waals surface area contributed by atoms with E-state index in [0.29, 0.717) is 5.41 Å². The quantitative estimate of drug-likeness (QED) is 0.576. The molecule has 2 aliphatic rings. The lowest BCUT2D eigenvalue weighted by Gasteiger charge is -2.41. The van der Waals surface area contributed by atoms with E-state index < -0.39 is 0 Å². The van der Waals surface area contributed by atoms with Crippen molar-refractivity contribution in [2.45, 2.75) is 57.1 Å². The summed E-state index contributed by atoms with van der Waals surface area (Å²) in [6.45, 7) is 0. The molecule has 0 saturated heterocycles. The van der Waals surface area contributed by atoms with Gasteiger partial charge in [0.1, 0.15) is 0 Å². The SMILES string of the molecule is NC1CC(O)CCC12CCCC2. The van der Waals surface area contributed by atoms with E-state index in [1.54, 1.807) is 0 Å². The van der Waals surface area contributed by atoms with Crippen LogP contribution in [0.15, 0.2) is 0 Å². The molecule has 0 amide bonds. The monoisotopic (exact) mass is 169 g/mol. The fourth-order valence-corrected chi connectivity index (χ4v) is 3.00. The highest BCUT2D eigenvalue weighted by atomic mass is 16.3. The fourth-order valence-electron chi connectivity index (χ4n) is 3.00. The van der Waals surface area contributed by atoms with E-state index in [1.807, 2.05) is 0 Å². The highest BCUT2D eigenvalue weighted by Crippen LogP contribution is 2.48. The van der Waals surface area contributed by atoms with Crippen LogP contribution >= 0.6 is 0 Å². The zero-order valence-electron chi connectivity index (χ0n) is 7.63. The van der Waals surface area contributed by atoms with E-state index in [9.17, 15) is 5.11 Å². The van der Waals surface area contributed by atoms with E-state index in [-0.39, 0.29) is 12.1 Å². The van der Waals surface area contributed by atoms with E-state index in [1.165, 1.54) is 25.7 Å². The molecule has 2 fully saturated rings. The Morgan fingerprint density at radius 2 is 1.83 bits per heavy atom. The van der Waals surface area contributed by atoms with Gasteiger partial charge in [0.2, 0.25) is 0 Å². The summed E-state index contributed by atoms with van der Waals surface area (Å²) in [4.78, 5) is 0. The molecule has 0 heterocycles. The van der Waals surface area contributed by atoms with Crippen LogP contribution in [-0.4, -0.2) is 17.3 Å².